The average Bonchev–Trinajstić information content (AvgIpc) is 2.89. The molecule has 0 spiro atoms. The second kappa shape index (κ2) is 16.3. The molecule has 2 rings (SSSR count). The maximum Gasteiger partial charge on any atom is 0.243 e. The fourth-order valence-corrected chi connectivity index (χ4v) is 5.04. The van der Waals surface area contributed by atoms with Gasteiger partial charge < -0.3 is 26.6 Å². The number of carbonyl (C=O) groups is 5. The number of benzene rings is 1. The van der Waals surface area contributed by atoms with Gasteiger partial charge in [0.1, 0.15) is 30.2 Å². The van der Waals surface area contributed by atoms with Crippen LogP contribution in [-0.4, -0.2) is 59.7 Å². The molecule has 0 radical (unpaired) electrons. The lowest BCUT2D eigenvalue weighted by Crippen LogP contribution is -2.59. The van der Waals surface area contributed by atoms with Crippen molar-refractivity contribution < 1.29 is 24.0 Å². The molecule has 0 aromatic heterocycles. The van der Waals surface area contributed by atoms with Gasteiger partial charge in [0.2, 0.25) is 29.5 Å². The monoisotopic (exact) mass is 585 g/mol. The fourth-order valence-electron chi connectivity index (χ4n) is 5.04. The number of hydrogen-bond acceptors (Lipinski definition) is 5. The molecule has 1 aliphatic heterocycles. The van der Waals surface area contributed by atoms with E-state index in [2.05, 4.69) is 26.6 Å². The zero-order valence-electron chi connectivity index (χ0n) is 26.5. The Morgan fingerprint density at radius 3 is 1.24 bits per heavy atom. The summed E-state index contributed by atoms with van der Waals surface area (Å²) in [4.78, 5) is 68.0. The van der Waals surface area contributed by atoms with Crippen LogP contribution in [0.15, 0.2) is 30.3 Å². The van der Waals surface area contributed by atoms with E-state index in [1.165, 1.54) is 0 Å². The third kappa shape index (κ3) is 11.1. The molecular weight excluding hydrogens is 534 g/mol. The number of amides is 5. The van der Waals surface area contributed by atoms with Crippen molar-refractivity contribution in [1.82, 2.24) is 26.6 Å². The molecule has 234 valence electrons. The first-order valence-corrected chi connectivity index (χ1v) is 15.2. The summed E-state index contributed by atoms with van der Waals surface area (Å²) in [6.07, 6.45) is 1.23. The van der Waals surface area contributed by atoms with Crippen molar-refractivity contribution in [3.63, 3.8) is 0 Å². The van der Waals surface area contributed by atoms with E-state index in [1.807, 2.05) is 71.9 Å². The average molecular weight is 586 g/mol. The summed E-state index contributed by atoms with van der Waals surface area (Å²) in [7, 11) is 0. The minimum Gasteiger partial charge on any atom is -0.343 e. The molecule has 5 amide bonds. The maximum atomic E-state index is 13.7. The van der Waals surface area contributed by atoms with Crippen molar-refractivity contribution >= 4 is 29.5 Å². The van der Waals surface area contributed by atoms with Gasteiger partial charge in [0, 0.05) is 6.42 Å². The molecule has 1 aromatic rings. The van der Waals surface area contributed by atoms with Gasteiger partial charge in [0.15, 0.2) is 0 Å². The predicted octanol–water partition coefficient (Wildman–Crippen LogP) is 2.46. The number of rotatable bonds is 9. The van der Waals surface area contributed by atoms with Crippen molar-refractivity contribution in [1.29, 1.82) is 0 Å². The first-order valence-electron chi connectivity index (χ1n) is 15.2. The van der Waals surface area contributed by atoms with Crippen LogP contribution in [0.1, 0.15) is 80.2 Å². The molecule has 1 aromatic carbocycles. The molecule has 5 atom stereocenters. The quantitative estimate of drug-likeness (QED) is 0.302. The standard InChI is InChI=1S/C32H51N5O5/c1-18(2)14-23-29(39)35-25(16-20(5)6)31(41)37-27(21(7)8)32(42)36-26(17-22-12-10-9-11-13-22)30(40)34-24(15-19(3)4)28(38)33-23/h9-13,18-21,23-27H,14-17H2,1-8H3,(H,33,38)(H,34,40)(H,35,39)(H,36,42)(H,37,41)/t23-,24+,25-,26-,27+/m1/s1. The van der Waals surface area contributed by atoms with Crippen LogP contribution < -0.4 is 26.6 Å². The molecule has 10 nitrogen and oxygen atoms in total. The van der Waals surface area contributed by atoms with Crippen molar-refractivity contribution in [2.45, 2.75) is 111 Å². The summed E-state index contributed by atoms with van der Waals surface area (Å²) in [6.45, 7) is 15.3. The summed E-state index contributed by atoms with van der Waals surface area (Å²) in [6, 6.07) is 4.60. The van der Waals surface area contributed by atoms with Gasteiger partial charge in [0.25, 0.3) is 0 Å². The van der Waals surface area contributed by atoms with E-state index >= 15 is 0 Å². The number of nitrogens with one attached hydrogen (secondary N) is 5. The lowest BCUT2D eigenvalue weighted by Gasteiger charge is -2.28. The van der Waals surface area contributed by atoms with E-state index < -0.39 is 59.7 Å². The van der Waals surface area contributed by atoms with Crippen molar-refractivity contribution in [2.75, 3.05) is 0 Å². The summed E-state index contributed by atoms with van der Waals surface area (Å²) in [5.74, 6) is -2.58. The fraction of sp³-hybridized carbons (Fsp3) is 0.656. The van der Waals surface area contributed by atoms with Crippen LogP contribution in [0, 0.1) is 23.7 Å². The van der Waals surface area contributed by atoms with Gasteiger partial charge in [-0.25, -0.2) is 0 Å². The molecule has 0 saturated carbocycles. The summed E-state index contributed by atoms with van der Waals surface area (Å²) in [5, 5.41) is 14.2. The number of hydrogen-bond donors (Lipinski definition) is 5. The van der Waals surface area contributed by atoms with Gasteiger partial charge >= 0.3 is 0 Å². The molecule has 0 unspecified atom stereocenters. The van der Waals surface area contributed by atoms with Crippen LogP contribution in [0.25, 0.3) is 0 Å². The van der Waals surface area contributed by atoms with Crippen LogP contribution in [0.2, 0.25) is 0 Å². The van der Waals surface area contributed by atoms with Crippen molar-refractivity contribution in [2.24, 2.45) is 23.7 Å². The Bertz CT molecular complexity index is 1070. The van der Waals surface area contributed by atoms with Crippen LogP contribution in [0.5, 0.6) is 0 Å². The Kier molecular flexibility index (Phi) is 13.5. The van der Waals surface area contributed by atoms with E-state index in [1.54, 1.807) is 13.8 Å². The Labute approximate surface area is 250 Å². The number of carbonyl (C=O) groups excluding carboxylic acids is 5. The van der Waals surface area contributed by atoms with E-state index in [4.69, 9.17) is 0 Å². The van der Waals surface area contributed by atoms with E-state index in [0.29, 0.717) is 19.3 Å². The molecule has 1 fully saturated rings. The molecule has 1 saturated heterocycles. The van der Waals surface area contributed by atoms with E-state index in [0.717, 1.165) is 5.56 Å². The van der Waals surface area contributed by atoms with Crippen LogP contribution >= 0.6 is 0 Å². The minimum atomic E-state index is -0.997. The SMILES string of the molecule is CC(C)C[C@@H]1NC(=O)[C@@H](Cc2ccccc2)NC(=O)[C@H](C(C)C)NC(=O)[C@@H](CC(C)C)NC(=O)[C@@H](CC(C)C)NC1=O. The lowest BCUT2D eigenvalue weighted by molar-refractivity contribution is -0.135. The zero-order valence-corrected chi connectivity index (χ0v) is 26.5. The molecule has 1 heterocycles. The summed E-state index contributed by atoms with van der Waals surface area (Å²) >= 11 is 0. The van der Waals surface area contributed by atoms with Gasteiger partial charge in [-0.3, -0.25) is 24.0 Å². The Hall–Kier alpha value is -3.43. The van der Waals surface area contributed by atoms with Crippen LogP contribution in [0.4, 0.5) is 0 Å². The first-order chi connectivity index (χ1) is 19.7. The highest BCUT2D eigenvalue weighted by Crippen LogP contribution is 2.14. The largest absolute Gasteiger partial charge is 0.343 e. The van der Waals surface area contributed by atoms with Crippen molar-refractivity contribution in [3.05, 3.63) is 35.9 Å². The molecular formula is C32H51N5O5. The molecule has 1 aliphatic rings. The molecule has 5 N–H and O–H groups in total. The van der Waals surface area contributed by atoms with Gasteiger partial charge in [-0.15, -0.1) is 0 Å². The van der Waals surface area contributed by atoms with Gasteiger partial charge in [-0.05, 0) is 48.5 Å². The van der Waals surface area contributed by atoms with Crippen LogP contribution in [-0.2, 0) is 30.4 Å². The zero-order chi connectivity index (χ0) is 31.6. The summed E-state index contributed by atoms with van der Waals surface area (Å²) in [5.41, 5.74) is 0.828. The lowest BCUT2D eigenvalue weighted by atomic mass is 9.98. The van der Waals surface area contributed by atoms with E-state index in [9.17, 15) is 24.0 Å². The second-order valence-electron chi connectivity index (χ2n) is 13.1. The van der Waals surface area contributed by atoms with Gasteiger partial charge in [0.05, 0.1) is 0 Å². The van der Waals surface area contributed by atoms with Gasteiger partial charge in [-0.2, -0.15) is 0 Å². The molecule has 10 heteroatoms. The Morgan fingerprint density at radius 1 is 0.500 bits per heavy atom. The van der Waals surface area contributed by atoms with Crippen molar-refractivity contribution in [3.8, 4) is 0 Å². The van der Waals surface area contributed by atoms with Crippen LogP contribution in [0.3, 0.4) is 0 Å². The normalized spacial score (nSPS) is 25.0. The molecule has 0 aliphatic carbocycles. The Balaban J connectivity index is 2.58. The highest BCUT2D eigenvalue weighted by Gasteiger charge is 2.36. The minimum absolute atomic E-state index is 0.0604. The maximum absolute atomic E-state index is 13.7. The second-order valence-corrected chi connectivity index (χ2v) is 13.1. The highest BCUT2D eigenvalue weighted by atomic mass is 16.2. The molecule has 42 heavy (non-hydrogen) atoms. The Morgan fingerprint density at radius 2 is 0.857 bits per heavy atom. The van der Waals surface area contributed by atoms with E-state index in [-0.39, 0.29) is 30.1 Å². The predicted molar refractivity (Wildman–Crippen MR) is 163 cm³/mol. The first kappa shape index (κ1) is 34.8. The van der Waals surface area contributed by atoms with Gasteiger partial charge in [-0.1, -0.05) is 85.7 Å². The third-order valence-corrected chi connectivity index (χ3v) is 7.18. The third-order valence-electron chi connectivity index (χ3n) is 7.18. The summed E-state index contributed by atoms with van der Waals surface area (Å²) < 4.78 is 0. The topological polar surface area (TPSA) is 146 Å². The highest BCUT2D eigenvalue weighted by molar-refractivity contribution is 5.98. The smallest absolute Gasteiger partial charge is 0.243 e. The molecule has 0 bridgehead atoms.